The molecule has 0 spiro atoms. The third-order valence-corrected chi connectivity index (χ3v) is 6.66. The van der Waals surface area contributed by atoms with Gasteiger partial charge in [-0.2, -0.15) is 0 Å². The van der Waals surface area contributed by atoms with Crippen LogP contribution in [0, 0.1) is 0 Å². The van der Waals surface area contributed by atoms with E-state index in [1.807, 2.05) is 29.2 Å². The van der Waals surface area contributed by atoms with E-state index >= 15 is 0 Å². The van der Waals surface area contributed by atoms with Crippen LogP contribution in [0.2, 0.25) is 0 Å². The van der Waals surface area contributed by atoms with Crippen LogP contribution in [0.3, 0.4) is 0 Å². The van der Waals surface area contributed by atoms with Crippen LogP contribution in [0.25, 0.3) is 32.9 Å². The summed E-state index contributed by atoms with van der Waals surface area (Å²) in [6.45, 7) is 6.80. The molecule has 0 saturated carbocycles. The molecule has 1 aliphatic heterocycles. The van der Waals surface area contributed by atoms with E-state index in [9.17, 15) is 9.90 Å². The fourth-order valence-corrected chi connectivity index (χ4v) is 4.89. The maximum absolute atomic E-state index is 12.0. The molecule has 5 rings (SSSR count). The van der Waals surface area contributed by atoms with E-state index in [-0.39, 0.29) is 17.6 Å². The highest BCUT2D eigenvalue weighted by Gasteiger charge is 2.34. The van der Waals surface area contributed by atoms with Gasteiger partial charge in [-0.25, -0.2) is 4.98 Å². The number of fused-ring (bicyclic) bond motifs is 2. The van der Waals surface area contributed by atoms with Gasteiger partial charge in [-0.3, -0.25) is 4.79 Å². The van der Waals surface area contributed by atoms with Crippen molar-refractivity contribution in [3.63, 3.8) is 0 Å². The van der Waals surface area contributed by atoms with Crippen molar-refractivity contribution in [1.82, 2.24) is 19.4 Å². The van der Waals surface area contributed by atoms with Crippen LogP contribution in [-0.2, 0) is 11.3 Å². The molecule has 1 fully saturated rings. The maximum Gasteiger partial charge on any atom is 0.246 e. The lowest BCUT2D eigenvalue weighted by Crippen LogP contribution is -2.48. The summed E-state index contributed by atoms with van der Waals surface area (Å²) in [6.07, 6.45) is 2.38. The molecular weight excluding hydrogens is 424 g/mol. The number of benzene rings is 3. The number of nitrogens with zero attached hydrogens (tertiary/aromatic N) is 4. The van der Waals surface area contributed by atoms with E-state index in [1.165, 1.54) is 6.08 Å². The Hall–Kier alpha value is -3.64. The Morgan fingerprint density at radius 3 is 2.74 bits per heavy atom. The van der Waals surface area contributed by atoms with Crippen LogP contribution in [0.1, 0.15) is 18.2 Å². The Kier molecular flexibility index (Phi) is 5.84. The van der Waals surface area contributed by atoms with Crippen LogP contribution in [0.15, 0.2) is 67.3 Å². The fourth-order valence-electron chi connectivity index (χ4n) is 4.89. The SMILES string of the molecule is C=CC(=O)N1CC(c2nc3ccc(-c4cc(O)cc5ccccc45)cc3n2CCCN(C)C)C1. The number of hydrogen-bond acceptors (Lipinski definition) is 4. The molecular formula is C28H30N4O2. The van der Waals surface area contributed by atoms with Crippen molar-refractivity contribution in [2.75, 3.05) is 33.7 Å². The number of imidazole rings is 1. The lowest BCUT2D eigenvalue weighted by atomic mass is 9.97. The fraction of sp³-hybridized carbons (Fsp3) is 0.286. The molecule has 1 amide bonds. The van der Waals surface area contributed by atoms with Crippen LogP contribution in [-0.4, -0.2) is 64.1 Å². The van der Waals surface area contributed by atoms with Gasteiger partial charge in [0, 0.05) is 19.6 Å². The van der Waals surface area contributed by atoms with Crippen LogP contribution in [0.4, 0.5) is 0 Å². The van der Waals surface area contributed by atoms with Crippen molar-refractivity contribution in [3.05, 3.63) is 73.1 Å². The summed E-state index contributed by atoms with van der Waals surface area (Å²) in [5, 5.41) is 12.5. The second-order valence-electron chi connectivity index (χ2n) is 9.34. The monoisotopic (exact) mass is 454 g/mol. The average molecular weight is 455 g/mol. The smallest absolute Gasteiger partial charge is 0.246 e. The number of likely N-dealkylation sites (tertiary alicyclic amines) is 1. The Morgan fingerprint density at radius 1 is 1.18 bits per heavy atom. The molecule has 1 N–H and O–H groups in total. The predicted molar refractivity (Wildman–Crippen MR) is 137 cm³/mol. The number of hydrogen-bond donors (Lipinski definition) is 1. The molecule has 1 aliphatic rings. The highest BCUT2D eigenvalue weighted by atomic mass is 16.3. The first-order chi connectivity index (χ1) is 16.4. The second-order valence-corrected chi connectivity index (χ2v) is 9.34. The van der Waals surface area contributed by atoms with E-state index in [2.05, 4.69) is 54.4 Å². The lowest BCUT2D eigenvalue weighted by Gasteiger charge is -2.38. The minimum absolute atomic E-state index is 0.0235. The van der Waals surface area contributed by atoms with Crippen molar-refractivity contribution >= 4 is 27.7 Å². The Morgan fingerprint density at radius 2 is 1.97 bits per heavy atom. The summed E-state index contributed by atoms with van der Waals surface area (Å²) < 4.78 is 2.33. The van der Waals surface area contributed by atoms with Crippen molar-refractivity contribution in [2.45, 2.75) is 18.9 Å². The van der Waals surface area contributed by atoms with E-state index in [0.29, 0.717) is 13.1 Å². The molecule has 0 atom stereocenters. The van der Waals surface area contributed by atoms with Gasteiger partial charge in [0.15, 0.2) is 0 Å². The van der Waals surface area contributed by atoms with Crippen molar-refractivity contribution in [3.8, 4) is 16.9 Å². The molecule has 1 aromatic heterocycles. The zero-order valence-corrected chi connectivity index (χ0v) is 19.7. The third-order valence-electron chi connectivity index (χ3n) is 6.66. The Balaban J connectivity index is 1.57. The quantitative estimate of drug-likeness (QED) is 0.414. The zero-order chi connectivity index (χ0) is 23.8. The first-order valence-corrected chi connectivity index (χ1v) is 11.7. The summed E-state index contributed by atoms with van der Waals surface area (Å²) in [5.41, 5.74) is 4.11. The summed E-state index contributed by atoms with van der Waals surface area (Å²) in [7, 11) is 4.17. The summed E-state index contributed by atoms with van der Waals surface area (Å²) in [6, 6.07) is 18.1. The minimum atomic E-state index is -0.0235. The van der Waals surface area contributed by atoms with Gasteiger partial charge in [0.2, 0.25) is 5.91 Å². The largest absolute Gasteiger partial charge is 0.508 e. The number of rotatable bonds is 7. The number of aryl methyl sites for hydroxylation is 1. The van der Waals surface area contributed by atoms with Crippen LogP contribution in [0.5, 0.6) is 5.75 Å². The molecule has 0 radical (unpaired) electrons. The second kappa shape index (κ2) is 8.95. The van der Waals surface area contributed by atoms with Gasteiger partial charge >= 0.3 is 0 Å². The van der Waals surface area contributed by atoms with E-state index in [4.69, 9.17) is 4.98 Å². The predicted octanol–water partition coefficient (Wildman–Crippen LogP) is 4.63. The number of phenols is 1. The van der Waals surface area contributed by atoms with Crippen LogP contribution >= 0.6 is 0 Å². The number of aromatic hydroxyl groups is 1. The summed E-state index contributed by atoms with van der Waals surface area (Å²) in [5.74, 6) is 1.50. The highest BCUT2D eigenvalue weighted by molar-refractivity contribution is 5.99. The van der Waals surface area contributed by atoms with Gasteiger partial charge in [0.05, 0.1) is 17.0 Å². The molecule has 0 bridgehead atoms. The number of carbonyl (C=O) groups excluding carboxylic acids is 1. The number of phenolic OH excluding ortho intramolecular Hbond substituents is 1. The minimum Gasteiger partial charge on any atom is -0.508 e. The summed E-state index contributed by atoms with van der Waals surface area (Å²) in [4.78, 5) is 21.0. The molecule has 34 heavy (non-hydrogen) atoms. The molecule has 1 saturated heterocycles. The van der Waals surface area contributed by atoms with Crippen molar-refractivity contribution < 1.29 is 9.90 Å². The maximum atomic E-state index is 12.0. The Bertz CT molecular complexity index is 1380. The van der Waals surface area contributed by atoms with E-state index in [1.54, 1.807) is 6.07 Å². The number of amides is 1. The standard InChI is InChI=1S/C28H30N4O2/c1-4-27(34)31-17-21(18-31)28-29-25-11-10-20(15-26(25)32(28)13-7-12-30(2)3)24-16-22(33)14-19-8-5-6-9-23(19)24/h4-6,8-11,14-16,21,33H,1,7,12-13,17-18H2,2-3H3. The van der Waals surface area contributed by atoms with E-state index in [0.717, 1.165) is 58.3 Å². The average Bonchev–Trinajstić information content (AvgIpc) is 3.14. The molecule has 6 nitrogen and oxygen atoms in total. The molecule has 0 aliphatic carbocycles. The third kappa shape index (κ3) is 4.05. The van der Waals surface area contributed by atoms with Crippen LogP contribution < -0.4 is 0 Å². The van der Waals surface area contributed by atoms with Gasteiger partial charge in [-0.1, -0.05) is 36.9 Å². The van der Waals surface area contributed by atoms with Gasteiger partial charge in [-0.15, -0.1) is 0 Å². The van der Waals surface area contributed by atoms with Gasteiger partial charge < -0.3 is 19.5 Å². The molecule has 0 unspecified atom stereocenters. The number of carbonyl (C=O) groups is 1. The lowest BCUT2D eigenvalue weighted by molar-refractivity contribution is -0.130. The van der Waals surface area contributed by atoms with E-state index < -0.39 is 0 Å². The molecule has 2 heterocycles. The zero-order valence-electron chi connectivity index (χ0n) is 19.7. The first kappa shape index (κ1) is 22.2. The van der Waals surface area contributed by atoms with Crippen molar-refractivity contribution in [2.24, 2.45) is 0 Å². The topological polar surface area (TPSA) is 61.6 Å². The molecule has 174 valence electrons. The number of aromatic nitrogens is 2. The summed E-state index contributed by atoms with van der Waals surface area (Å²) >= 11 is 0. The van der Waals surface area contributed by atoms with Gasteiger partial charge in [0.1, 0.15) is 11.6 Å². The Labute approximate surface area is 199 Å². The van der Waals surface area contributed by atoms with Crippen molar-refractivity contribution in [1.29, 1.82) is 0 Å². The van der Waals surface area contributed by atoms with Gasteiger partial charge in [0.25, 0.3) is 0 Å². The molecule has 4 aromatic rings. The molecule has 3 aromatic carbocycles. The first-order valence-electron chi connectivity index (χ1n) is 11.7. The highest BCUT2D eigenvalue weighted by Crippen LogP contribution is 2.36. The normalized spacial score (nSPS) is 14.1. The van der Waals surface area contributed by atoms with Gasteiger partial charge in [-0.05, 0) is 79.3 Å². The molecule has 6 heteroatoms.